The van der Waals surface area contributed by atoms with Crippen LogP contribution in [0.2, 0.25) is 0 Å². The smallest absolute Gasteiger partial charge is 0.321 e. The molecule has 1 aliphatic rings. The third-order valence-electron chi connectivity index (χ3n) is 4.53. The number of urea groups is 1. The van der Waals surface area contributed by atoms with Gasteiger partial charge in [-0.3, -0.25) is 4.68 Å². The van der Waals surface area contributed by atoms with Crippen LogP contribution in [0.15, 0.2) is 42.7 Å². The lowest BCUT2D eigenvalue weighted by Crippen LogP contribution is -2.43. The molecule has 8 heteroatoms. The minimum absolute atomic E-state index is 0.159. The van der Waals surface area contributed by atoms with Crippen molar-refractivity contribution in [2.24, 2.45) is 0 Å². The molecular weight excluding hydrogens is 354 g/mol. The highest BCUT2D eigenvalue weighted by Crippen LogP contribution is 2.16. The molecule has 1 N–H and O–H groups in total. The van der Waals surface area contributed by atoms with E-state index in [0.29, 0.717) is 25.4 Å². The molecule has 0 bridgehead atoms. The van der Waals surface area contributed by atoms with E-state index in [1.807, 2.05) is 18.2 Å². The van der Waals surface area contributed by atoms with Crippen LogP contribution in [0.4, 0.5) is 19.3 Å². The second-order valence-corrected chi connectivity index (χ2v) is 6.57. The summed E-state index contributed by atoms with van der Waals surface area (Å²) in [5.74, 6) is 0. The number of nitrogens with zero attached hydrogens (tertiary/aromatic N) is 3. The van der Waals surface area contributed by atoms with E-state index in [1.165, 1.54) is 18.0 Å². The summed E-state index contributed by atoms with van der Waals surface area (Å²) >= 11 is 0. The van der Waals surface area contributed by atoms with E-state index in [4.69, 9.17) is 4.74 Å². The Balaban J connectivity index is 1.37. The lowest BCUT2D eigenvalue weighted by molar-refractivity contribution is 0.0175. The highest BCUT2D eigenvalue weighted by atomic mass is 19.3. The summed E-state index contributed by atoms with van der Waals surface area (Å²) in [5.41, 5.74) is 1.67. The zero-order chi connectivity index (χ0) is 19.1. The Morgan fingerprint density at radius 2 is 2.00 bits per heavy atom. The quantitative estimate of drug-likeness (QED) is 0.803. The Morgan fingerprint density at radius 3 is 2.70 bits per heavy atom. The fourth-order valence-corrected chi connectivity index (χ4v) is 3.09. The van der Waals surface area contributed by atoms with Crippen LogP contribution in [0.5, 0.6) is 0 Å². The Labute approximate surface area is 157 Å². The number of halogens is 2. The van der Waals surface area contributed by atoms with Gasteiger partial charge in [-0.2, -0.15) is 5.10 Å². The first-order valence-corrected chi connectivity index (χ1v) is 9.12. The van der Waals surface area contributed by atoms with Crippen molar-refractivity contribution in [1.82, 2.24) is 14.7 Å². The summed E-state index contributed by atoms with van der Waals surface area (Å²) in [7, 11) is 0. The van der Waals surface area contributed by atoms with E-state index in [9.17, 15) is 13.6 Å². The number of piperidine rings is 1. The zero-order valence-electron chi connectivity index (χ0n) is 15.1. The molecule has 6 nitrogen and oxygen atoms in total. The van der Waals surface area contributed by atoms with E-state index < -0.39 is 13.0 Å². The fourth-order valence-electron chi connectivity index (χ4n) is 3.09. The van der Waals surface area contributed by atoms with Crippen molar-refractivity contribution in [2.45, 2.75) is 38.3 Å². The maximum Gasteiger partial charge on any atom is 0.321 e. The summed E-state index contributed by atoms with van der Waals surface area (Å²) in [6.45, 7) is 1.39. The first-order chi connectivity index (χ1) is 13.1. The van der Waals surface area contributed by atoms with E-state index in [2.05, 4.69) is 22.5 Å². The van der Waals surface area contributed by atoms with Gasteiger partial charge in [0.25, 0.3) is 6.43 Å². The number of aromatic nitrogens is 2. The molecule has 2 heterocycles. The Bertz CT molecular complexity index is 716. The van der Waals surface area contributed by atoms with Gasteiger partial charge in [-0.05, 0) is 24.8 Å². The molecule has 1 aliphatic heterocycles. The van der Waals surface area contributed by atoms with E-state index in [-0.39, 0.29) is 12.1 Å². The van der Waals surface area contributed by atoms with Gasteiger partial charge in [0.05, 0.1) is 24.6 Å². The molecule has 27 heavy (non-hydrogen) atoms. The minimum Gasteiger partial charge on any atom is -0.378 e. The van der Waals surface area contributed by atoms with Gasteiger partial charge < -0.3 is 15.0 Å². The van der Waals surface area contributed by atoms with Gasteiger partial charge in [-0.25, -0.2) is 13.6 Å². The SMILES string of the molecule is O=C(Nc1cnn(CC(F)F)c1)N1CCC(OCCc2ccccc2)CC1. The van der Waals surface area contributed by atoms with Crippen LogP contribution < -0.4 is 5.32 Å². The summed E-state index contributed by atoms with van der Waals surface area (Å²) in [6.07, 6.45) is 2.91. The number of ether oxygens (including phenoxy) is 1. The Morgan fingerprint density at radius 1 is 1.26 bits per heavy atom. The van der Waals surface area contributed by atoms with Crippen LogP contribution in [0.3, 0.4) is 0 Å². The predicted octanol–water partition coefficient (Wildman–Crippen LogP) is 3.40. The highest BCUT2D eigenvalue weighted by molar-refractivity contribution is 5.89. The second-order valence-electron chi connectivity index (χ2n) is 6.57. The number of alkyl halides is 2. The molecule has 0 aliphatic carbocycles. The summed E-state index contributed by atoms with van der Waals surface area (Å²) in [4.78, 5) is 14.0. The third-order valence-corrected chi connectivity index (χ3v) is 4.53. The number of amides is 2. The number of carbonyl (C=O) groups excluding carboxylic acids is 1. The van der Waals surface area contributed by atoms with E-state index in [1.54, 1.807) is 4.90 Å². The van der Waals surface area contributed by atoms with Crippen molar-refractivity contribution in [3.05, 3.63) is 48.3 Å². The Kier molecular flexibility index (Phi) is 6.75. The normalized spacial score (nSPS) is 15.3. The number of hydrogen-bond donors (Lipinski definition) is 1. The topological polar surface area (TPSA) is 59.4 Å². The van der Waals surface area contributed by atoms with Gasteiger partial charge in [0.15, 0.2) is 0 Å². The van der Waals surface area contributed by atoms with Crippen molar-refractivity contribution in [3.63, 3.8) is 0 Å². The zero-order valence-corrected chi connectivity index (χ0v) is 15.1. The molecule has 1 aromatic heterocycles. The minimum atomic E-state index is -2.48. The molecular formula is C19H24F2N4O2. The van der Waals surface area contributed by atoms with Crippen LogP contribution in [0.25, 0.3) is 0 Å². The lowest BCUT2D eigenvalue weighted by atomic mass is 10.1. The lowest BCUT2D eigenvalue weighted by Gasteiger charge is -2.31. The summed E-state index contributed by atoms with van der Waals surface area (Å²) in [5, 5.41) is 6.51. The number of anilines is 1. The van der Waals surface area contributed by atoms with Gasteiger partial charge >= 0.3 is 6.03 Å². The van der Waals surface area contributed by atoms with Crippen molar-refractivity contribution < 1.29 is 18.3 Å². The first-order valence-electron chi connectivity index (χ1n) is 9.12. The van der Waals surface area contributed by atoms with Gasteiger partial charge in [-0.1, -0.05) is 30.3 Å². The van der Waals surface area contributed by atoms with Gasteiger partial charge in [-0.15, -0.1) is 0 Å². The molecule has 0 radical (unpaired) electrons. The van der Waals surface area contributed by atoms with Crippen LogP contribution in [-0.4, -0.2) is 52.9 Å². The number of rotatable bonds is 7. The number of likely N-dealkylation sites (tertiary alicyclic amines) is 1. The van der Waals surface area contributed by atoms with Gasteiger partial charge in [0, 0.05) is 19.3 Å². The number of hydrogen-bond acceptors (Lipinski definition) is 3. The summed E-state index contributed by atoms with van der Waals surface area (Å²) < 4.78 is 31.7. The number of nitrogens with one attached hydrogen (secondary N) is 1. The molecule has 0 spiro atoms. The molecule has 2 aromatic rings. The molecule has 2 amide bonds. The molecule has 3 rings (SSSR count). The van der Waals surface area contributed by atoms with Crippen LogP contribution in [0, 0.1) is 0 Å². The molecule has 0 unspecified atom stereocenters. The van der Waals surface area contributed by atoms with Crippen LogP contribution in [0.1, 0.15) is 18.4 Å². The van der Waals surface area contributed by atoms with Gasteiger partial charge in [0.1, 0.15) is 6.54 Å². The monoisotopic (exact) mass is 378 g/mol. The van der Waals surface area contributed by atoms with Crippen molar-refractivity contribution in [2.75, 3.05) is 25.0 Å². The second kappa shape index (κ2) is 9.45. The van der Waals surface area contributed by atoms with E-state index >= 15 is 0 Å². The molecule has 1 fully saturated rings. The average Bonchev–Trinajstić information content (AvgIpc) is 3.09. The predicted molar refractivity (Wildman–Crippen MR) is 97.9 cm³/mol. The Hall–Kier alpha value is -2.48. The van der Waals surface area contributed by atoms with Gasteiger partial charge in [0.2, 0.25) is 0 Å². The molecule has 1 aromatic carbocycles. The van der Waals surface area contributed by atoms with Crippen molar-refractivity contribution in [3.8, 4) is 0 Å². The molecule has 0 saturated carbocycles. The molecule has 0 atom stereocenters. The maximum atomic E-state index is 12.3. The largest absolute Gasteiger partial charge is 0.378 e. The van der Waals surface area contributed by atoms with Crippen molar-refractivity contribution in [1.29, 1.82) is 0 Å². The van der Waals surface area contributed by atoms with E-state index in [0.717, 1.165) is 23.9 Å². The molecule has 146 valence electrons. The number of carbonyl (C=O) groups is 1. The van der Waals surface area contributed by atoms with Crippen LogP contribution in [-0.2, 0) is 17.7 Å². The average molecular weight is 378 g/mol. The third kappa shape index (κ3) is 6.02. The molecule has 1 saturated heterocycles. The fraction of sp³-hybridized carbons (Fsp3) is 0.474. The number of benzene rings is 1. The van der Waals surface area contributed by atoms with Crippen LogP contribution >= 0.6 is 0 Å². The standard InChI is InChI=1S/C19H24F2N4O2/c20-18(21)14-25-13-16(12-22-25)23-19(26)24-9-6-17(7-10-24)27-11-8-15-4-2-1-3-5-15/h1-5,12-13,17-18H,6-11,14H2,(H,23,26). The first kappa shape index (κ1) is 19.3. The highest BCUT2D eigenvalue weighted by Gasteiger charge is 2.23. The van der Waals surface area contributed by atoms with Crippen molar-refractivity contribution >= 4 is 11.7 Å². The maximum absolute atomic E-state index is 12.3. The summed E-state index contributed by atoms with van der Waals surface area (Å²) in [6, 6.07) is 9.95.